The fraction of sp³-hybridized carbons (Fsp3) is 0.304. The molecule has 0 radical (unpaired) electrons. The number of anilines is 1. The van der Waals surface area contributed by atoms with Crippen molar-refractivity contribution in [2.24, 2.45) is 7.05 Å². The first-order valence-electron chi connectivity index (χ1n) is 10.7. The Morgan fingerprint density at radius 3 is 2.79 bits per heavy atom. The number of fused-ring (bicyclic) bond motifs is 7. The summed E-state index contributed by atoms with van der Waals surface area (Å²) in [6, 6.07) is 6.63. The summed E-state index contributed by atoms with van der Waals surface area (Å²) in [6.45, 7) is 3.06. The van der Waals surface area contributed by atoms with Gasteiger partial charge in [0.05, 0.1) is 36.8 Å². The lowest BCUT2D eigenvalue weighted by Crippen LogP contribution is -2.31. The highest BCUT2D eigenvalue weighted by molar-refractivity contribution is 5.71. The van der Waals surface area contributed by atoms with Gasteiger partial charge in [-0.05, 0) is 31.2 Å². The molecule has 4 aromatic rings. The Bertz CT molecular complexity index is 1380. The molecule has 9 nitrogen and oxygen atoms in total. The van der Waals surface area contributed by atoms with Crippen LogP contribution >= 0.6 is 0 Å². The molecule has 0 unspecified atom stereocenters. The monoisotopic (exact) mass is 447 g/mol. The van der Waals surface area contributed by atoms with Gasteiger partial charge in [-0.3, -0.25) is 4.68 Å². The predicted octanol–water partition coefficient (Wildman–Crippen LogP) is 3.08. The van der Waals surface area contributed by atoms with Gasteiger partial charge in [0.25, 0.3) is 0 Å². The van der Waals surface area contributed by atoms with E-state index in [2.05, 4.69) is 20.3 Å². The molecule has 33 heavy (non-hydrogen) atoms. The van der Waals surface area contributed by atoms with Crippen molar-refractivity contribution in [2.45, 2.75) is 25.5 Å². The van der Waals surface area contributed by atoms with Crippen molar-refractivity contribution in [2.75, 3.05) is 18.9 Å². The minimum Gasteiger partial charge on any atom is -0.482 e. The second kappa shape index (κ2) is 7.38. The van der Waals surface area contributed by atoms with E-state index in [4.69, 9.17) is 15.2 Å². The smallest absolute Gasteiger partial charge is 0.166 e. The van der Waals surface area contributed by atoms with Crippen LogP contribution in [-0.4, -0.2) is 43.0 Å². The molecule has 3 aromatic heterocycles. The molecular weight excluding hydrogens is 425 g/mol. The number of nitrogens with zero attached hydrogens (tertiary/aromatic N) is 6. The van der Waals surface area contributed by atoms with Crippen molar-refractivity contribution in [3.63, 3.8) is 0 Å². The van der Waals surface area contributed by atoms with Crippen LogP contribution in [0.3, 0.4) is 0 Å². The minimum absolute atomic E-state index is 0.146. The van der Waals surface area contributed by atoms with Crippen LogP contribution < -0.4 is 10.5 Å². The maximum Gasteiger partial charge on any atom is 0.166 e. The molecule has 168 valence electrons. The van der Waals surface area contributed by atoms with E-state index in [9.17, 15) is 4.39 Å². The van der Waals surface area contributed by atoms with Gasteiger partial charge in [-0.25, -0.2) is 9.37 Å². The van der Waals surface area contributed by atoms with Gasteiger partial charge in [0.15, 0.2) is 11.6 Å². The van der Waals surface area contributed by atoms with Crippen molar-refractivity contribution in [1.29, 1.82) is 0 Å². The third-order valence-corrected chi connectivity index (χ3v) is 6.14. The topological polar surface area (TPSA) is 106 Å². The predicted molar refractivity (Wildman–Crippen MR) is 118 cm³/mol. The van der Waals surface area contributed by atoms with Gasteiger partial charge in [-0.1, -0.05) is 0 Å². The van der Waals surface area contributed by atoms with Gasteiger partial charge in [-0.2, -0.15) is 20.1 Å². The number of hydrogen-bond donors (Lipinski definition) is 1. The average Bonchev–Trinajstić information content (AvgIpc) is 3.31. The number of rotatable bonds is 1. The van der Waals surface area contributed by atoms with E-state index in [-0.39, 0.29) is 17.7 Å². The molecule has 0 aliphatic carbocycles. The van der Waals surface area contributed by atoms with Gasteiger partial charge in [0.2, 0.25) is 0 Å². The lowest BCUT2D eigenvalue weighted by molar-refractivity contribution is -0.0278. The van der Waals surface area contributed by atoms with E-state index in [1.165, 1.54) is 16.9 Å². The number of aryl methyl sites for hydroxylation is 1. The molecular formula is C23H22FN7O2. The second-order valence-electron chi connectivity index (χ2n) is 8.41. The molecule has 0 amide bonds. The first-order valence-corrected chi connectivity index (χ1v) is 10.7. The molecule has 1 aromatic carbocycles. The van der Waals surface area contributed by atoms with E-state index in [1.807, 2.05) is 23.9 Å². The highest BCUT2D eigenvalue weighted by Crippen LogP contribution is 2.39. The van der Waals surface area contributed by atoms with Gasteiger partial charge >= 0.3 is 0 Å². The van der Waals surface area contributed by atoms with Crippen LogP contribution in [0.2, 0.25) is 0 Å². The van der Waals surface area contributed by atoms with Crippen molar-refractivity contribution < 1.29 is 13.9 Å². The highest BCUT2D eigenvalue weighted by Gasteiger charge is 2.29. The normalized spacial score (nSPS) is 17.6. The lowest BCUT2D eigenvalue weighted by atomic mass is 9.96. The quantitative estimate of drug-likeness (QED) is 0.478. The zero-order valence-electron chi connectivity index (χ0n) is 18.2. The number of ether oxygens (including phenoxy) is 2. The van der Waals surface area contributed by atoms with E-state index in [1.54, 1.807) is 19.3 Å². The summed E-state index contributed by atoms with van der Waals surface area (Å²) in [5, 5.41) is 13.9. The van der Waals surface area contributed by atoms with Crippen molar-refractivity contribution in [3.8, 4) is 28.3 Å². The van der Waals surface area contributed by atoms with Crippen molar-refractivity contribution in [1.82, 2.24) is 29.8 Å². The number of hydrogen-bond acceptors (Lipinski definition) is 7. The number of nitrogens with two attached hydrogens (primary N) is 1. The highest BCUT2D eigenvalue weighted by atomic mass is 19.1. The third kappa shape index (κ3) is 3.25. The molecule has 1 saturated heterocycles. The van der Waals surface area contributed by atoms with Gasteiger partial charge in [0, 0.05) is 41.9 Å². The lowest BCUT2D eigenvalue weighted by Gasteiger charge is -2.28. The Morgan fingerprint density at radius 1 is 1.15 bits per heavy atom. The Labute approximate surface area is 189 Å². The van der Waals surface area contributed by atoms with Crippen LogP contribution in [0.1, 0.15) is 35.9 Å². The average molecular weight is 447 g/mol. The molecule has 1 fully saturated rings. The molecule has 10 heteroatoms. The molecule has 1 atom stereocenters. The molecule has 0 spiro atoms. The maximum absolute atomic E-state index is 14.3. The van der Waals surface area contributed by atoms with Gasteiger partial charge in [0.1, 0.15) is 17.6 Å². The van der Waals surface area contributed by atoms with E-state index in [0.29, 0.717) is 36.6 Å². The zero-order valence-corrected chi connectivity index (χ0v) is 18.2. The van der Waals surface area contributed by atoms with Crippen molar-refractivity contribution >= 4 is 5.82 Å². The Hall–Kier alpha value is -3.79. The van der Waals surface area contributed by atoms with Gasteiger partial charge in [-0.15, -0.1) is 0 Å². The number of nitrogen functional groups attached to an aromatic ring is 1. The van der Waals surface area contributed by atoms with Crippen LogP contribution in [0.15, 0.2) is 36.7 Å². The third-order valence-electron chi connectivity index (χ3n) is 6.14. The molecule has 6 rings (SSSR count). The zero-order chi connectivity index (χ0) is 22.7. The summed E-state index contributed by atoms with van der Waals surface area (Å²) < 4.78 is 27.9. The summed E-state index contributed by atoms with van der Waals surface area (Å²) in [7, 11) is 1.78. The minimum atomic E-state index is -0.506. The summed E-state index contributed by atoms with van der Waals surface area (Å²) in [6.07, 6.45) is 3.56. The van der Waals surface area contributed by atoms with Gasteiger partial charge < -0.3 is 15.2 Å². The van der Waals surface area contributed by atoms with Crippen LogP contribution in [-0.2, 0) is 18.2 Å². The molecule has 2 aliphatic rings. The summed E-state index contributed by atoms with van der Waals surface area (Å²) in [5.41, 5.74) is 11.8. The standard InChI is InChI=1S/C23H22FN7O2/c1-12-18-7-15(24)3-4-17(18)21-19(28-30(2)29-21)5-13-9-27-31(16-10-32-11-16)22(13)14-6-20(33-12)23(25)26-8-14/h3-4,6-9,12,16H,5,10-11H2,1-2H3,(H2,25,26)/t12-/m1/s1. The largest absolute Gasteiger partial charge is 0.482 e. The number of aromatic nitrogens is 6. The summed E-state index contributed by atoms with van der Waals surface area (Å²) in [4.78, 5) is 5.92. The van der Waals surface area contributed by atoms with Crippen molar-refractivity contribution in [3.05, 3.63) is 59.3 Å². The number of benzene rings is 1. The molecule has 2 N–H and O–H groups in total. The molecule has 2 bridgehead atoms. The van der Waals surface area contributed by atoms with Crippen LogP contribution in [0.4, 0.5) is 10.2 Å². The fourth-order valence-corrected chi connectivity index (χ4v) is 4.46. The summed E-state index contributed by atoms with van der Waals surface area (Å²) in [5.74, 6) is 0.340. The Morgan fingerprint density at radius 2 is 2.00 bits per heavy atom. The fourth-order valence-electron chi connectivity index (χ4n) is 4.46. The molecule has 2 aliphatic heterocycles. The van der Waals surface area contributed by atoms with E-state index >= 15 is 0 Å². The molecule has 5 heterocycles. The Balaban J connectivity index is 1.62. The van der Waals surface area contributed by atoms with Crippen LogP contribution in [0.25, 0.3) is 22.5 Å². The van der Waals surface area contributed by atoms with E-state index in [0.717, 1.165) is 28.1 Å². The summed E-state index contributed by atoms with van der Waals surface area (Å²) >= 11 is 0. The van der Waals surface area contributed by atoms with Crippen LogP contribution in [0, 0.1) is 5.82 Å². The molecule has 0 saturated carbocycles. The second-order valence-corrected chi connectivity index (χ2v) is 8.41. The number of pyridine rings is 1. The number of halogens is 1. The first-order chi connectivity index (χ1) is 16.0. The SMILES string of the molecule is C[C@H]1Oc2cc(cnc2N)-c2c(cnn2C2COC2)Cc2nn(C)nc2-c2ccc(F)cc21. The first kappa shape index (κ1) is 19.9. The van der Waals surface area contributed by atoms with E-state index < -0.39 is 6.10 Å². The Kier molecular flexibility index (Phi) is 4.44. The van der Waals surface area contributed by atoms with Crippen LogP contribution in [0.5, 0.6) is 5.75 Å². The maximum atomic E-state index is 14.3.